The molecule has 3 unspecified atom stereocenters. The predicted octanol–water partition coefficient (Wildman–Crippen LogP) is 3.28. The molecule has 106 valence electrons. The van der Waals surface area contributed by atoms with E-state index in [0.717, 1.165) is 12.0 Å². The van der Waals surface area contributed by atoms with Crippen LogP contribution in [0.3, 0.4) is 0 Å². The number of halogens is 2. The van der Waals surface area contributed by atoms with Crippen LogP contribution in [0.15, 0.2) is 16.6 Å². The minimum absolute atomic E-state index is 0.0943. The first-order valence-electron chi connectivity index (χ1n) is 6.38. The summed E-state index contributed by atoms with van der Waals surface area (Å²) in [6.07, 6.45) is 1.26. The van der Waals surface area contributed by atoms with Crippen molar-refractivity contribution in [1.82, 2.24) is 5.32 Å². The van der Waals surface area contributed by atoms with Gasteiger partial charge < -0.3 is 14.8 Å². The Kier molecular flexibility index (Phi) is 4.81. The second-order valence-corrected chi connectivity index (χ2v) is 5.77. The van der Waals surface area contributed by atoms with E-state index in [1.54, 1.807) is 13.2 Å². The molecule has 19 heavy (non-hydrogen) atoms. The highest BCUT2D eigenvalue weighted by Crippen LogP contribution is 2.38. The molecule has 1 aliphatic heterocycles. The van der Waals surface area contributed by atoms with Crippen LogP contribution in [-0.2, 0) is 4.74 Å². The van der Waals surface area contributed by atoms with Crippen molar-refractivity contribution in [2.75, 3.05) is 20.8 Å². The number of hydrogen-bond donors (Lipinski definition) is 1. The molecular weight excluding hydrogens is 313 g/mol. The monoisotopic (exact) mass is 331 g/mol. The van der Waals surface area contributed by atoms with Crippen LogP contribution in [0.4, 0.5) is 4.39 Å². The third kappa shape index (κ3) is 3.09. The second kappa shape index (κ2) is 6.20. The summed E-state index contributed by atoms with van der Waals surface area (Å²) in [5.74, 6) is 0.623. The first-order valence-corrected chi connectivity index (χ1v) is 7.18. The lowest BCUT2D eigenvalue weighted by Crippen LogP contribution is -2.26. The zero-order chi connectivity index (χ0) is 14.0. The van der Waals surface area contributed by atoms with Gasteiger partial charge in [-0.15, -0.1) is 0 Å². The Morgan fingerprint density at radius 2 is 2.26 bits per heavy atom. The van der Waals surface area contributed by atoms with Gasteiger partial charge in [0.1, 0.15) is 11.6 Å². The van der Waals surface area contributed by atoms with Gasteiger partial charge in [-0.2, -0.15) is 0 Å². The molecule has 0 amide bonds. The smallest absolute Gasteiger partial charge is 0.141 e. The molecule has 1 saturated heterocycles. The minimum atomic E-state index is -0.313. The summed E-state index contributed by atoms with van der Waals surface area (Å²) >= 11 is 3.24. The highest BCUT2D eigenvalue weighted by Gasteiger charge is 2.31. The summed E-state index contributed by atoms with van der Waals surface area (Å²) in [5.41, 5.74) is 0.959. The van der Waals surface area contributed by atoms with Crippen LogP contribution in [-0.4, -0.2) is 26.9 Å². The van der Waals surface area contributed by atoms with Gasteiger partial charge in [0, 0.05) is 23.6 Å². The third-order valence-electron chi connectivity index (χ3n) is 3.62. The van der Waals surface area contributed by atoms with E-state index in [0.29, 0.717) is 22.7 Å². The molecule has 5 heteroatoms. The Balaban J connectivity index is 2.34. The maximum Gasteiger partial charge on any atom is 0.141 e. The topological polar surface area (TPSA) is 30.5 Å². The summed E-state index contributed by atoms with van der Waals surface area (Å²) in [6.45, 7) is 2.79. The minimum Gasteiger partial charge on any atom is -0.496 e. The Morgan fingerprint density at radius 3 is 2.79 bits per heavy atom. The third-order valence-corrected chi connectivity index (χ3v) is 4.23. The average molecular weight is 332 g/mol. The van der Waals surface area contributed by atoms with E-state index in [2.05, 4.69) is 28.2 Å². The maximum absolute atomic E-state index is 13.6. The molecule has 1 aromatic rings. The summed E-state index contributed by atoms with van der Waals surface area (Å²) in [6, 6.07) is 3.30. The van der Waals surface area contributed by atoms with Gasteiger partial charge in [-0.3, -0.25) is 0 Å². The molecule has 1 N–H and O–H groups in total. The van der Waals surface area contributed by atoms with E-state index in [-0.39, 0.29) is 18.0 Å². The summed E-state index contributed by atoms with van der Waals surface area (Å²) in [5, 5.41) is 3.30. The zero-order valence-electron chi connectivity index (χ0n) is 11.4. The highest BCUT2D eigenvalue weighted by molar-refractivity contribution is 9.10. The van der Waals surface area contributed by atoms with E-state index in [1.165, 1.54) is 6.07 Å². The first kappa shape index (κ1) is 14.8. The number of rotatable bonds is 4. The molecule has 0 saturated carbocycles. The fourth-order valence-corrected chi connectivity index (χ4v) is 3.05. The van der Waals surface area contributed by atoms with E-state index in [4.69, 9.17) is 9.47 Å². The van der Waals surface area contributed by atoms with E-state index < -0.39 is 0 Å². The van der Waals surface area contributed by atoms with Crippen LogP contribution in [0.5, 0.6) is 5.75 Å². The van der Waals surface area contributed by atoms with Gasteiger partial charge >= 0.3 is 0 Å². The lowest BCUT2D eigenvalue weighted by Gasteiger charge is -2.24. The predicted molar refractivity (Wildman–Crippen MR) is 76.0 cm³/mol. The second-order valence-electron chi connectivity index (χ2n) is 4.91. The van der Waals surface area contributed by atoms with Gasteiger partial charge in [-0.05, 0) is 42.4 Å². The molecule has 2 rings (SSSR count). The quantitative estimate of drug-likeness (QED) is 0.918. The van der Waals surface area contributed by atoms with Crippen molar-refractivity contribution in [3.63, 3.8) is 0 Å². The van der Waals surface area contributed by atoms with Crippen molar-refractivity contribution in [3.05, 3.63) is 28.0 Å². The summed E-state index contributed by atoms with van der Waals surface area (Å²) in [7, 11) is 3.47. The molecule has 1 aromatic carbocycles. The number of hydrogen-bond acceptors (Lipinski definition) is 3. The molecule has 0 bridgehead atoms. The van der Waals surface area contributed by atoms with Crippen molar-refractivity contribution in [2.24, 2.45) is 5.92 Å². The zero-order valence-corrected chi connectivity index (χ0v) is 13.0. The maximum atomic E-state index is 13.6. The van der Waals surface area contributed by atoms with Gasteiger partial charge in [0.2, 0.25) is 0 Å². The van der Waals surface area contributed by atoms with Crippen LogP contribution in [0, 0.1) is 11.7 Å². The summed E-state index contributed by atoms with van der Waals surface area (Å²) < 4.78 is 25.0. The Hall–Kier alpha value is -0.650. The fraction of sp³-hybridized carbons (Fsp3) is 0.571. The lowest BCUT2D eigenvalue weighted by atomic mass is 9.90. The fourth-order valence-electron chi connectivity index (χ4n) is 2.69. The Morgan fingerprint density at radius 1 is 1.53 bits per heavy atom. The van der Waals surface area contributed by atoms with Crippen molar-refractivity contribution in [2.45, 2.75) is 25.5 Å². The van der Waals surface area contributed by atoms with Crippen molar-refractivity contribution in [1.29, 1.82) is 0 Å². The van der Waals surface area contributed by atoms with E-state index in [1.807, 2.05) is 7.05 Å². The van der Waals surface area contributed by atoms with Crippen LogP contribution in [0.2, 0.25) is 0 Å². The van der Waals surface area contributed by atoms with E-state index >= 15 is 0 Å². The first-order chi connectivity index (χ1) is 9.06. The summed E-state index contributed by atoms with van der Waals surface area (Å²) in [4.78, 5) is 0. The Bertz CT molecular complexity index is 455. The molecule has 0 aliphatic carbocycles. The SMILES string of the molecule is CNC(c1cc(Br)c(F)cc1OC)C1COC(C)C1. The molecule has 3 nitrogen and oxygen atoms in total. The number of benzene rings is 1. The number of ether oxygens (including phenoxy) is 2. The molecule has 1 heterocycles. The van der Waals surface area contributed by atoms with Crippen LogP contribution in [0.1, 0.15) is 24.9 Å². The molecule has 1 fully saturated rings. The van der Waals surface area contributed by atoms with Crippen LogP contribution in [0.25, 0.3) is 0 Å². The van der Waals surface area contributed by atoms with Crippen molar-refractivity contribution < 1.29 is 13.9 Å². The normalized spacial score (nSPS) is 24.5. The van der Waals surface area contributed by atoms with Crippen LogP contribution < -0.4 is 10.1 Å². The largest absolute Gasteiger partial charge is 0.496 e. The van der Waals surface area contributed by atoms with Gasteiger partial charge in [-0.1, -0.05) is 0 Å². The lowest BCUT2D eigenvalue weighted by molar-refractivity contribution is 0.117. The molecule has 0 aromatic heterocycles. The molecule has 3 atom stereocenters. The molecule has 0 spiro atoms. The Labute approximate surface area is 121 Å². The molecular formula is C14H19BrFNO2. The average Bonchev–Trinajstić information content (AvgIpc) is 2.81. The number of nitrogens with one attached hydrogen (secondary N) is 1. The van der Waals surface area contributed by atoms with Crippen LogP contribution >= 0.6 is 15.9 Å². The van der Waals surface area contributed by atoms with Crippen molar-refractivity contribution in [3.8, 4) is 5.75 Å². The molecule has 1 aliphatic rings. The number of methoxy groups -OCH3 is 1. The van der Waals surface area contributed by atoms with Gasteiger partial charge in [0.15, 0.2) is 0 Å². The highest BCUT2D eigenvalue weighted by atomic mass is 79.9. The van der Waals surface area contributed by atoms with E-state index in [9.17, 15) is 4.39 Å². The van der Waals surface area contributed by atoms with Gasteiger partial charge in [0.25, 0.3) is 0 Å². The molecule has 0 radical (unpaired) electrons. The van der Waals surface area contributed by atoms with Gasteiger partial charge in [-0.25, -0.2) is 4.39 Å². The van der Waals surface area contributed by atoms with Crippen molar-refractivity contribution >= 4 is 15.9 Å². The van der Waals surface area contributed by atoms with Gasteiger partial charge in [0.05, 0.1) is 24.3 Å². The standard InChI is InChI=1S/C14H19BrFNO2/c1-8-4-9(7-19-8)14(17-2)10-5-11(15)12(16)6-13(10)18-3/h5-6,8-9,14,17H,4,7H2,1-3H3.